The molecule has 1 heterocycles. The molecular formula is C15H21N3O3. The van der Waals surface area contributed by atoms with Gasteiger partial charge in [-0.25, -0.2) is 0 Å². The SMILES string of the molecule is C[C@@H]1CN(CC(=O)Nc2ccc(C(N)=O)cc2)C[C@@H](C)O1. The lowest BCUT2D eigenvalue weighted by molar-refractivity contribution is -0.121. The molecular weight excluding hydrogens is 270 g/mol. The first-order chi connectivity index (χ1) is 9.94. The van der Waals surface area contributed by atoms with Crippen LogP contribution in [-0.2, 0) is 9.53 Å². The van der Waals surface area contributed by atoms with Gasteiger partial charge in [-0.2, -0.15) is 0 Å². The molecule has 1 aliphatic rings. The van der Waals surface area contributed by atoms with E-state index in [9.17, 15) is 9.59 Å². The molecule has 1 aromatic carbocycles. The first-order valence-corrected chi connectivity index (χ1v) is 7.01. The maximum Gasteiger partial charge on any atom is 0.248 e. The summed E-state index contributed by atoms with van der Waals surface area (Å²) in [7, 11) is 0. The maximum atomic E-state index is 12.0. The minimum absolute atomic E-state index is 0.0804. The molecule has 0 spiro atoms. The number of nitrogens with one attached hydrogen (secondary N) is 1. The predicted molar refractivity (Wildman–Crippen MR) is 80.0 cm³/mol. The van der Waals surface area contributed by atoms with Crippen molar-refractivity contribution in [1.29, 1.82) is 0 Å². The number of morpholine rings is 1. The second-order valence-electron chi connectivity index (χ2n) is 5.44. The van der Waals surface area contributed by atoms with Crippen LogP contribution in [0.2, 0.25) is 0 Å². The van der Waals surface area contributed by atoms with Gasteiger partial charge in [0.15, 0.2) is 0 Å². The Hall–Kier alpha value is -1.92. The molecule has 114 valence electrons. The summed E-state index contributed by atoms with van der Waals surface area (Å²) in [5.74, 6) is -0.563. The number of benzene rings is 1. The Morgan fingerprint density at radius 2 is 1.81 bits per heavy atom. The Labute approximate surface area is 124 Å². The molecule has 0 unspecified atom stereocenters. The van der Waals surface area contributed by atoms with Crippen LogP contribution in [0.5, 0.6) is 0 Å². The molecule has 1 saturated heterocycles. The molecule has 1 aromatic rings. The number of carbonyl (C=O) groups is 2. The molecule has 2 rings (SSSR count). The monoisotopic (exact) mass is 291 g/mol. The maximum absolute atomic E-state index is 12.0. The fourth-order valence-corrected chi connectivity index (χ4v) is 2.53. The number of anilines is 1. The first kappa shape index (κ1) is 15.5. The number of nitrogens with two attached hydrogens (primary N) is 1. The average molecular weight is 291 g/mol. The zero-order valence-corrected chi connectivity index (χ0v) is 12.3. The summed E-state index contributed by atoms with van der Waals surface area (Å²) in [6.07, 6.45) is 0.271. The van der Waals surface area contributed by atoms with Crippen LogP contribution in [0, 0.1) is 0 Å². The quantitative estimate of drug-likeness (QED) is 0.860. The molecule has 2 amide bonds. The number of carbonyl (C=O) groups excluding carboxylic acids is 2. The van der Waals surface area contributed by atoms with Gasteiger partial charge in [-0.3, -0.25) is 14.5 Å². The van der Waals surface area contributed by atoms with Crippen LogP contribution in [0.4, 0.5) is 5.69 Å². The number of nitrogens with zero attached hydrogens (tertiary/aromatic N) is 1. The number of ether oxygens (including phenoxy) is 1. The van der Waals surface area contributed by atoms with E-state index in [1.165, 1.54) is 0 Å². The highest BCUT2D eigenvalue weighted by atomic mass is 16.5. The number of primary amides is 1. The van der Waals surface area contributed by atoms with Crippen molar-refractivity contribution >= 4 is 17.5 Å². The van der Waals surface area contributed by atoms with Crippen LogP contribution < -0.4 is 11.1 Å². The van der Waals surface area contributed by atoms with E-state index >= 15 is 0 Å². The Kier molecular flexibility index (Phi) is 4.93. The molecule has 0 bridgehead atoms. The van der Waals surface area contributed by atoms with Gasteiger partial charge in [0.2, 0.25) is 11.8 Å². The van der Waals surface area contributed by atoms with Crippen molar-refractivity contribution in [3.63, 3.8) is 0 Å². The molecule has 0 aliphatic carbocycles. The number of hydrogen-bond donors (Lipinski definition) is 2. The smallest absolute Gasteiger partial charge is 0.248 e. The predicted octanol–water partition coefficient (Wildman–Crippen LogP) is 0.833. The van der Waals surface area contributed by atoms with Crippen LogP contribution in [0.15, 0.2) is 24.3 Å². The van der Waals surface area contributed by atoms with Crippen LogP contribution >= 0.6 is 0 Å². The van der Waals surface area contributed by atoms with Crippen LogP contribution in [0.25, 0.3) is 0 Å². The topological polar surface area (TPSA) is 84.7 Å². The van der Waals surface area contributed by atoms with Crippen molar-refractivity contribution in [3.05, 3.63) is 29.8 Å². The Balaban J connectivity index is 1.88. The minimum Gasteiger partial charge on any atom is -0.373 e. The number of hydrogen-bond acceptors (Lipinski definition) is 4. The Bertz CT molecular complexity index is 505. The molecule has 1 aliphatic heterocycles. The fourth-order valence-electron chi connectivity index (χ4n) is 2.53. The lowest BCUT2D eigenvalue weighted by Gasteiger charge is -2.34. The largest absolute Gasteiger partial charge is 0.373 e. The van der Waals surface area contributed by atoms with E-state index in [1.54, 1.807) is 24.3 Å². The summed E-state index contributed by atoms with van der Waals surface area (Å²) in [6, 6.07) is 6.53. The molecule has 0 saturated carbocycles. The van der Waals surface area contributed by atoms with Gasteiger partial charge in [0.25, 0.3) is 0 Å². The number of amides is 2. The summed E-state index contributed by atoms with van der Waals surface area (Å²) in [4.78, 5) is 25.1. The number of rotatable bonds is 4. The summed E-state index contributed by atoms with van der Waals surface area (Å²) in [5.41, 5.74) is 6.24. The molecule has 0 aromatic heterocycles. The summed E-state index contributed by atoms with van der Waals surface area (Å²) < 4.78 is 5.63. The van der Waals surface area contributed by atoms with Gasteiger partial charge in [-0.15, -0.1) is 0 Å². The molecule has 0 radical (unpaired) electrons. The van der Waals surface area contributed by atoms with Crippen LogP contribution in [-0.4, -0.2) is 48.6 Å². The van der Waals surface area contributed by atoms with E-state index in [4.69, 9.17) is 10.5 Å². The van der Waals surface area contributed by atoms with Crippen molar-refractivity contribution in [2.45, 2.75) is 26.1 Å². The van der Waals surface area contributed by atoms with Gasteiger partial charge >= 0.3 is 0 Å². The van der Waals surface area contributed by atoms with Gasteiger partial charge in [0.05, 0.1) is 18.8 Å². The standard InChI is InChI=1S/C15H21N3O3/c1-10-7-18(8-11(2)21-10)9-14(19)17-13-5-3-12(4-6-13)15(16)20/h3-6,10-11H,7-9H2,1-2H3,(H2,16,20)(H,17,19)/t10-,11-/m1/s1. The van der Waals surface area contributed by atoms with E-state index in [0.29, 0.717) is 17.8 Å². The van der Waals surface area contributed by atoms with Crippen molar-refractivity contribution in [3.8, 4) is 0 Å². The lowest BCUT2D eigenvalue weighted by Crippen LogP contribution is -2.48. The average Bonchev–Trinajstić information content (AvgIpc) is 2.37. The van der Waals surface area contributed by atoms with Crippen LogP contribution in [0.1, 0.15) is 24.2 Å². The third-order valence-electron chi connectivity index (χ3n) is 3.32. The van der Waals surface area contributed by atoms with E-state index in [-0.39, 0.29) is 18.1 Å². The Morgan fingerprint density at radius 3 is 2.33 bits per heavy atom. The van der Waals surface area contributed by atoms with Crippen LogP contribution in [0.3, 0.4) is 0 Å². The van der Waals surface area contributed by atoms with E-state index < -0.39 is 5.91 Å². The summed E-state index contributed by atoms with van der Waals surface area (Å²) in [6.45, 7) is 5.83. The third kappa shape index (κ3) is 4.54. The third-order valence-corrected chi connectivity index (χ3v) is 3.32. The van der Waals surface area contributed by atoms with Crippen molar-refractivity contribution in [2.24, 2.45) is 5.73 Å². The van der Waals surface area contributed by atoms with Gasteiger partial charge in [0, 0.05) is 24.3 Å². The Morgan fingerprint density at radius 1 is 1.24 bits per heavy atom. The van der Waals surface area contributed by atoms with Gasteiger partial charge in [0.1, 0.15) is 0 Å². The highest BCUT2D eigenvalue weighted by Crippen LogP contribution is 2.12. The molecule has 3 N–H and O–H groups in total. The molecule has 1 fully saturated rings. The van der Waals surface area contributed by atoms with Gasteiger partial charge < -0.3 is 15.8 Å². The summed E-state index contributed by atoms with van der Waals surface area (Å²) >= 11 is 0. The normalized spacial score (nSPS) is 22.8. The van der Waals surface area contributed by atoms with Gasteiger partial charge in [-0.1, -0.05) is 0 Å². The highest BCUT2D eigenvalue weighted by Gasteiger charge is 2.23. The molecule has 6 nitrogen and oxygen atoms in total. The zero-order valence-electron chi connectivity index (χ0n) is 12.3. The molecule has 6 heteroatoms. The fraction of sp³-hybridized carbons (Fsp3) is 0.467. The second kappa shape index (κ2) is 6.69. The lowest BCUT2D eigenvalue weighted by atomic mass is 10.2. The van der Waals surface area contributed by atoms with E-state index in [1.807, 2.05) is 13.8 Å². The zero-order chi connectivity index (χ0) is 15.4. The van der Waals surface area contributed by atoms with Crippen molar-refractivity contribution in [1.82, 2.24) is 4.90 Å². The van der Waals surface area contributed by atoms with Gasteiger partial charge in [-0.05, 0) is 38.1 Å². The van der Waals surface area contributed by atoms with Crippen molar-refractivity contribution in [2.75, 3.05) is 25.0 Å². The molecule has 21 heavy (non-hydrogen) atoms. The molecule has 2 atom stereocenters. The van der Waals surface area contributed by atoms with E-state index in [2.05, 4.69) is 10.2 Å². The van der Waals surface area contributed by atoms with E-state index in [0.717, 1.165) is 13.1 Å². The van der Waals surface area contributed by atoms with Crippen molar-refractivity contribution < 1.29 is 14.3 Å². The first-order valence-electron chi connectivity index (χ1n) is 7.01. The summed E-state index contributed by atoms with van der Waals surface area (Å²) in [5, 5.41) is 2.81. The highest BCUT2D eigenvalue weighted by molar-refractivity contribution is 5.95. The minimum atomic E-state index is -0.482. The second-order valence-corrected chi connectivity index (χ2v) is 5.44.